The summed E-state index contributed by atoms with van der Waals surface area (Å²) in [4.78, 5) is 0. The fourth-order valence-corrected chi connectivity index (χ4v) is 3.58. The zero-order valence-corrected chi connectivity index (χ0v) is 9.96. The van der Waals surface area contributed by atoms with Crippen LogP contribution in [0.3, 0.4) is 0 Å². The minimum Gasteiger partial charge on any atom is -0.508 e. The normalized spacial score (nSPS) is 29.4. The maximum atomic E-state index is 9.69. The lowest BCUT2D eigenvalue weighted by Crippen LogP contribution is -2.37. The fourth-order valence-electron chi connectivity index (χ4n) is 3.58. The van der Waals surface area contributed by atoms with Crippen LogP contribution in [-0.2, 0) is 11.8 Å². The molecule has 1 saturated heterocycles. The maximum Gasteiger partial charge on any atom is 0.115 e. The Kier molecular flexibility index (Phi) is 2.05. The third kappa shape index (κ3) is 1.17. The van der Waals surface area contributed by atoms with Crippen LogP contribution in [0.5, 0.6) is 5.75 Å². The summed E-state index contributed by atoms with van der Waals surface area (Å²) >= 11 is 0. The third-order valence-corrected chi connectivity index (χ3v) is 4.61. The quantitative estimate of drug-likeness (QED) is 0.747. The molecule has 2 N–H and O–H groups in total. The van der Waals surface area contributed by atoms with Crippen molar-refractivity contribution >= 4 is 0 Å². The maximum absolute atomic E-state index is 9.69. The molecule has 2 atom stereocenters. The summed E-state index contributed by atoms with van der Waals surface area (Å²) in [7, 11) is 0. The topological polar surface area (TPSA) is 42.2 Å². The number of phenols is 1. The second-order valence-electron chi connectivity index (χ2n) is 5.16. The summed E-state index contributed by atoms with van der Waals surface area (Å²) in [5, 5.41) is 13.3. The molecule has 0 radical (unpaired) electrons. The van der Waals surface area contributed by atoms with E-state index < -0.39 is 0 Å². The van der Waals surface area contributed by atoms with Crippen LogP contribution in [0.2, 0.25) is 0 Å². The summed E-state index contributed by atoms with van der Waals surface area (Å²) in [5.41, 5.74) is 3.05. The molecule has 1 aromatic carbocycles. The first-order chi connectivity index (χ1) is 7.71. The number of rotatable bonds is 2. The minimum absolute atomic E-state index is 0.247. The molecule has 0 saturated carbocycles. The smallest absolute Gasteiger partial charge is 0.115 e. The highest BCUT2D eigenvalue weighted by molar-refractivity contribution is 5.47. The molecule has 2 unspecified atom stereocenters. The molecule has 0 bridgehead atoms. The summed E-state index contributed by atoms with van der Waals surface area (Å²) in [5.74, 6) is 0.407. The van der Waals surface area contributed by atoms with Gasteiger partial charge in [-0.3, -0.25) is 0 Å². The van der Waals surface area contributed by atoms with Crippen LogP contribution in [0.15, 0.2) is 18.2 Å². The van der Waals surface area contributed by atoms with E-state index in [4.69, 9.17) is 0 Å². The van der Waals surface area contributed by atoms with Gasteiger partial charge in [-0.1, -0.05) is 19.9 Å². The van der Waals surface area contributed by atoms with Crippen LogP contribution >= 0.6 is 0 Å². The van der Waals surface area contributed by atoms with Crippen molar-refractivity contribution in [3.05, 3.63) is 29.3 Å². The lowest BCUT2D eigenvalue weighted by atomic mass is 9.66. The predicted molar refractivity (Wildman–Crippen MR) is 64.8 cm³/mol. The molecule has 1 aliphatic carbocycles. The second-order valence-corrected chi connectivity index (χ2v) is 5.16. The molecule has 86 valence electrons. The van der Waals surface area contributed by atoms with Crippen LogP contribution in [0, 0.1) is 0 Å². The van der Waals surface area contributed by atoms with E-state index in [-0.39, 0.29) is 5.41 Å². The van der Waals surface area contributed by atoms with Crippen LogP contribution in [0.4, 0.5) is 0 Å². The lowest BCUT2D eigenvalue weighted by molar-refractivity contribution is 0.362. The monoisotopic (exact) mass is 217 g/mol. The van der Waals surface area contributed by atoms with Gasteiger partial charge in [-0.05, 0) is 42.5 Å². The first kappa shape index (κ1) is 10.2. The molecule has 0 aromatic heterocycles. The van der Waals surface area contributed by atoms with Crippen molar-refractivity contribution in [2.75, 3.05) is 0 Å². The predicted octanol–water partition coefficient (Wildman–Crippen LogP) is 2.35. The highest BCUT2D eigenvalue weighted by Crippen LogP contribution is 2.48. The summed E-state index contributed by atoms with van der Waals surface area (Å²) < 4.78 is 0. The standard InChI is InChI=1S/C14H19NO/c1-3-14(4-2)11-8-10(16)6-5-9(11)7-12-13(14)15-12/h5-6,8,12-13,15-16H,3-4,7H2,1-2H3. The average molecular weight is 217 g/mol. The molecular formula is C14H19NO. The van der Waals surface area contributed by atoms with E-state index in [1.54, 1.807) is 0 Å². The number of hydrogen-bond acceptors (Lipinski definition) is 2. The summed E-state index contributed by atoms with van der Waals surface area (Å²) in [6, 6.07) is 7.21. The Hall–Kier alpha value is -1.02. The van der Waals surface area contributed by atoms with E-state index in [9.17, 15) is 5.11 Å². The zero-order valence-electron chi connectivity index (χ0n) is 9.96. The molecule has 2 aliphatic rings. The van der Waals surface area contributed by atoms with Crippen LogP contribution in [0.25, 0.3) is 0 Å². The van der Waals surface area contributed by atoms with Crippen LogP contribution < -0.4 is 5.32 Å². The van der Waals surface area contributed by atoms with E-state index in [0.717, 1.165) is 19.3 Å². The number of benzene rings is 1. The Labute approximate surface area is 96.7 Å². The largest absolute Gasteiger partial charge is 0.508 e. The van der Waals surface area contributed by atoms with E-state index in [0.29, 0.717) is 17.8 Å². The summed E-state index contributed by atoms with van der Waals surface area (Å²) in [6.07, 6.45) is 3.42. The molecular weight excluding hydrogens is 198 g/mol. The van der Waals surface area contributed by atoms with E-state index in [2.05, 4.69) is 25.2 Å². The van der Waals surface area contributed by atoms with Gasteiger partial charge in [0.05, 0.1) is 0 Å². The van der Waals surface area contributed by atoms with E-state index in [1.807, 2.05) is 12.1 Å². The van der Waals surface area contributed by atoms with Gasteiger partial charge in [0.15, 0.2) is 0 Å². The molecule has 2 nitrogen and oxygen atoms in total. The highest BCUT2D eigenvalue weighted by Gasteiger charge is 2.55. The van der Waals surface area contributed by atoms with Gasteiger partial charge in [-0.15, -0.1) is 0 Å². The van der Waals surface area contributed by atoms with Gasteiger partial charge in [0, 0.05) is 17.5 Å². The van der Waals surface area contributed by atoms with Gasteiger partial charge in [-0.25, -0.2) is 0 Å². The van der Waals surface area contributed by atoms with Gasteiger partial charge in [0.2, 0.25) is 0 Å². The fraction of sp³-hybridized carbons (Fsp3) is 0.571. The van der Waals surface area contributed by atoms with Crippen LogP contribution in [-0.4, -0.2) is 17.2 Å². The zero-order chi connectivity index (χ0) is 11.3. The molecule has 0 spiro atoms. The minimum atomic E-state index is 0.247. The second kappa shape index (κ2) is 3.24. The number of aromatic hydroxyl groups is 1. The molecule has 1 fully saturated rings. The van der Waals surface area contributed by atoms with Gasteiger partial charge in [-0.2, -0.15) is 0 Å². The Bertz CT molecular complexity index is 423. The number of fused-ring (bicyclic) bond motifs is 2. The molecule has 1 heterocycles. The Morgan fingerprint density at radius 3 is 2.81 bits per heavy atom. The Morgan fingerprint density at radius 2 is 2.12 bits per heavy atom. The van der Waals surface area contributed by atoms with Crippen LogP contribution in [0.1, 0.15) is 37.8 Å². The Balaban J connectivity index is 2.17. The molecule has 16 heavy (non-hydrogen) atoms. The Morgan fingerprint density at radius 1 is 1.38 bits per heavy atom. The number of hydrogen-bond donors (Lipinski definition) is 2. The van der Waals surface area contributed by atoms with Gasteiger partial charge in [0.25, 0.3) is 0 Å². The number of phenolic OH excluding ortho intramolecular Hbond substituents is 1. The lowest BCUT2D eigenvalue weighted by Gasteiger charge is -2.37. The molecule has 3 rings (SSSR count). The third-order valence-electron chi connectivity index (χ3n) is 4.61. The van der Waals surface area contributed by atoms with E-state index in [1.165, 1.54) is 11.1 Å². The number of nitrogens with one attached hydrogen (secondary N) is 1. The van der Waals surface area contributed by atoms with Crippen molar-refractivity contribution in [3.8, 4) is 5.75 Å². The molecule has 2 heteroatoms. The molecule has 1 aromatic rings. The summed E-state index contributed by atoms with van der Waals surface area (Å²) in [6.45, 7) is 4.53. The van der Waals surface area contributed by atoms with Crippen molar-refractivity contribution < 1.29 is 5.11 Å². The molecule has 1 aliphatic heterocycles. The van der Waals surface area contributed by atoms with Gasteiger partial charge >= 0.3 is 0 Å². The van der Waals surface area contributed by atoms with Gasteiger partial charge < -0.3 is 10.4 Å². The molecule has 0 amide bonds. The van der Waals surface area contributed by atoms with Gasteiger partial charge in [0.1, 0.15) is 5.75 Å². The van der Waals surface area contributed by atoms with Crippen molar-refractivity contribution in [1.29, 1.82) is 0 Å². The van der Waals surface area contributed by atoms with Crippen molar-refractivity contribution in [2.24, 2.45) is 0 Å². The van der Waals surface area contributed by atoms with Crippen molar-refractivity contribution in [1.82, 2.24) is 5.32 Å². The highest BCUT2D eigenvalue weighted by atomic mass is 16.3. The average Bonchev–Trinajstić information content (AvgIpc) is 3.06. The van der Waals surface area contributed by atoms with Crippen molar-refractivity contribution in [2.45, 2.75) is 50.6 Å². The SMILES string of the molecule is CCC1(CC)c2cc(O)ccc2CC2NC21. The van der Waals surface area contributed by atoms with Crippen molar-refractivity contribution in [3.63, 3.8) is 0 Å². The first-order valence-corrected chi connectivity index (χ1v) is 6.29. The van der Waals surface area contributed by atoms with E-state index >= 15 is 0 Å². The first-order valence-electron chi connectivity index (χ1n) is 6.29.